The summed E-state index contributed by atoms with van der Waals surface area (Å²) in [5, 5.41) is 0.604. The van der Waals surface area contributed by atoms with Gasteiger partial charge in [0.1, 0.15) is 5.15 Å². The Hall–Kier alpha value is -0.730. The van der Waals surface area contributed by atoms with Crippen molar-refractivity contribution in [3.05, 3.63) is 35.6 Å². The molecule has 54 valence electrons. The van der Waals surface area contributed by atoms with Crippen LogP contribution in [0.5, 0.6) is 0 Å². The van der Waals surface area contributed by atoms with E-state index < -0.39 is 0 Å². The van der Waals surface area contributed by atoms with E-state index in [0.29, 0.717) is 5.15 Å². The maximum absolute atomic E-state index is 5.62. The molecule has 0 spiro atoms. The highest BCUT2D eigenvalue weighted by atomic mass is 35.5. The third kappa shape index (κ3) is 1.40. The summed E-state index contributed by atoms with van der Waals surface area (Å²) in [6, 6.07) is 1.66. The SMILES string of the molecule is C=C[C@@H](N)c1c[nH]c(Cl)c1. The van der Waals surface area contributed by atoms with Crippen LogP contribution in [0.15, 0.2) is 24.9 Å². The molecular weight excluding hydrogens is 148 g/mol. The molecule has 2 nitrogen and oxygen atoms in total. The first-order valence-corrected chi connectivity index (χ1v) is 3.34. The number of H-pyrrole nitrogens is 1. The molecule has 0 radical (unpaired) electrons. The fourth-order valence-electron chi connectivity index (χ4n) is 0.710. The molecule has 1 atom stereocenters. The Bertz CT molecular complexity index is 229. The molecule has 1 heterocycles. The molecule has 3 N–H and O–H groups in total. The van der Waals surface area contributed by atoms with E-state index in [9.17, 15) is 0 Å². The highest BCUT2D eigenvalue weighted by molar-refractivity contribution is 6.29. The lowest BCUT2D eigenvalue weighted by Crippen LogP contribution is -2.04. The van der Waals surface area contributed by atoms with Gasteiger partial charge in [-0.25, -0.2) is 0 Å². The van der Waals surface area contributed by atoms with Gasteiger partial charge in [-0.15, -0.1) is 6.58 Å². The van der Waals surface area contributed by atoms with Crippen LogP contribution in [-0.4, -0.2) is 4.98 Å². The molecule has 0 saturated carbocycles. The molecule has 0 aliphatic rings. The average Bonchev–Trinajstić information content (AvgIpc) is 2.34. The van der Waals surface area contributed by atoms with Crippen LogP contribution in [0.4, 0.5) is 0 Å². The van der Waals surface area contributed by atoms with E-state index in [1.54, 1.807) is 18.3 Å². The standard InChI is InChI=1S/C7H9ClN2/c1-2-6(9)5-3-7(8)10-4-5/h2-4,6,10H,1,9H2/t6-/m1/s1. The van der Waals surface area contributed by atoms with Crippen molar-refractivity contribution < 1.29 is 0 Å². The number of aromatic nitrogens is 1. The van der Waals surface area contributed by atoms with E-state index in [1.807, 2.05) is 0 Å². The van der Waals surface area contributed by atoms with Gasteiger partial charge in [0, 0.05) is 12.2 Å². The molecule has 1 aromatic rings. The molecule has 0 aliphatic carbocycles. The number of nitrogens with one attached hydrogen (secondary N) is 1. The number of halogens is 1. The summed E-state index contributed by atoms with van der Waals surface area (Å²) in [5.41, 5.74) is 6.57. The van der Waals surface area contributed by atoms with Crippen molar-refractivity contribution in [2.24, 2.45) is 5.73 Å². The molecule has 10 heavy (non-hydrogen) atoms. The van der Waals surface area contributed by atoms with Crippen LogP contribution in [0.3, 0.4) is 0 Å². The lowest BCUT2D eigenvalue weighted by Gasteiger charge is -1.99. The average molecular weight is 157 g/mol. The number of aromatic amines is 1. The molecule has 0 bridgehead atoms. The summed E-state index contributed by atoms with van der Waals surface area (Å²) < 4.78 is 0. The van der Waals surface area contributed by atoms with Gasteiger partial charge in [0.15, 0.2) is 0 Å². The Morgan fingerprint density at radius 1 is 1.80 bits per heavy atom. The summed E-state index contributed by atoms with van der Waals surface area (Å²) in [4.78, 5) is 2.82. The van der Waals surface area contributed by atoms with Crippen LogP contribution in [0.2, 0.25) is 5.15 Å². The second kappa shape index (κ2) is 2.90. The molecule has 0 aromatic carbocycles. The molecule has 3 heteroatoms. The first-order chi connectivity index (χ1) is 4.74. The van der Waals surface area contributed by atoms with E-state index in [0.717, 1.165) is 5.56 Å². The van der Waals surface area contributed by atoms with E-state index in [1.165, 1.54) is 0 Å². The van der Waals surface area contributed by atoms with Gasteiger partial charge in [-0.1, -0.05) is 17.7 Å². The Morgan fingerprint density at radius 2 is 2.50 bits per heavy atom. The fraction of sp³-hybridized carbons (Fsp3) is 0.143. The van der Waals surface area contributed by atoms with Gasteiger partial charge in [-0.2, -0.15) is 0 Å². The predicted octanol–water partition coefficient (Wildman–Crippen LogP) is 1.85. The number of rotatable bonds is 2. The van der Waals surface area contributed by atoms with Crippen molar-refractivity contribution in [2.45, 2.75) is 6.04 Å². The Morgan fingerprint density at radius 3 is 2.90 bits per heavy atom. The van der Waals surface area contributed by atoms with Gasteiger partial charge in [0.25, 0.3) is 0 Å². The lowest BCUT2D eigenvalue weighted by atomic mass is 10.2. The van der Waals surface area contributed by atoms with Crippen molar-refractivity contribution in [1.82, 2.24) is 4.98 Å². The zero-order valence-corrected chi connectivity index (χ0v) is 6.23. The highest BCUT2D eigenvalue weighted by Crippen LogP contribution is 2.15. The number of nitrogens with two attached hydrogens (primary N) is 1. The summed E-state index contributed by atoms with van der Waals surface area (Å²) in [5.74, 6) is 0. The minimum atomic E-state index is -0.122. The van der Waals surface area contributed by atoms with Crippen molar-refractivity contribution >= 4 is 11.6 Å². The minimum absolute atomic E-state index is 0.122. The normalized spacial score (nSPS) is 13.0. The smallest absolute Gasteiger partial charge is 0.106 e. The van der Waals surface area contributed by atoms with Crippen LogP contribution < -0.4 is 5.73 Å². The van der Waals surface area contributed by atoms with Gasteiger partial charge in [0.05, 0.1) is 0 Å². The quantitative estimate of drug-likeness (QED) is 0.631. The van der Waals surface area contributed by atoms with Crippen molar-refractivity contribution in [3.63, 3.8) is 0 Å². The zero-order chi connectivity index (χ0) is 7.56. The first-order valence-electron chi connectivity index (χ1n) is 2.96. The highest BCUT2D eigenvalue weighted by Gasteiger charge is 2.01. The van der Waals surface area contributed by atoms with Crippen LogP contribution >= 0.6 is 11.6 Å². The van der Waals surface area contributed by atoms with Crippen LogP contribution in [0.25, 0.3) is 0 Å². The van der Waals surface area contributed by atoms with Crippen LogP contribution in [-0.2, 0) is 0 Å². The summed E-state index contributed by atoms with van der Waals surface area (Å²) >= 11 is 5.62. The zero-order valence-electron chi connectivity index (χ0n) is 5.47. The number of hydrogen-bond acceptors (Lipinski definition) is 1. The van der Waals surface area contributed by atoms with E-state index in [2.05, 4.69) is 11.6 Å². The van der Waals surface area contributed by atoms with Crippen LogP contribution in [0, 0.1) is 0 Å². The molecule has 0 unspecified atom stereocenters. The molecule has 0 aliphatic heterocycles. The van der Waals surface area contributed by atoms with Crippen LogP contribution in [0.1, 0.15) is 11.6 Å². The lowest BCUT2D eigenvalue weighted by molar-refractivity contribution is 0.917. The molecule has 0 saturated heterocycles. The van der Waals surface area contributed by atoms with Gasteiger partial charge < -0.3 is 10.7 Å². The summed E-state index contributed by atoms with van der Waals surface area (Å²) in [6.45, 7) is 3.56. The largest absolute Gasteiger partial charge is 0.352 e. The van der Waals surface area contributed by atoms with E-state index in [-0.39, 0.29) is 6.04 Å². The molecule has 1 aromatic heterocycles. The molecule has 0 amide bonds. The maximum Gasteiger partial charge on any atom is 0.106 e. The fourth-order valence-corrected chi connectivity index (χ4v) is 0.891. The van der Waals surface area contributed by atoms with E-state index in [4.69, 9.17) is 17.3 Å². The monoisotopic (exact) mass is 156 g/mol. The summed E-state index contributed by atoms with van der Waals surface area (Å²) in [7, 11) is 0. The molecule has 1 rings (SSSR count). The van der Waals surface area contributed by atoms with Gasteiger partial charge in [-0.3, -0.25) is 0 Å². The number of hydrogen-bond donors (Lipinski definition) is 2. The summed E-state index contributed by atoms with van der Waals surface area (Å²) in [6.07, 6.45) is 3.44. The molecular formula is C7H9ClN2. The second-order valence-electron chi connectivity index (χ2n) is 2.04. The maximum atomic E-state index is 5.62. The van der Waals surface area contributed by atoms with Crippen molar-refractivity contribution in [2.75, 3.05) is 0 Å². The third-order valence-corrected chi connectivity index (χ3v) is 1.53. The minimum Gasteiger partial charge on any atom is -0.352 e. The first kappa shape index (κ1) is 7.38. The Labute approximate surface area is 64.7 Å². The predicted molar refractivity (Wildman–Crippen MR) is 42.9 cm³/mol. The van der Waals surface area contributed by atoms with E-state index >= 15 is 0 Å². The third-order valence-electron chi connectivity index (χ3n) is 1.31. The Kier molecular flexibility index (Phi) is 2.14. The van der Waals surface area contributed by atoms with Gasteiger partial charge >= 0.3 is 0 Å². The molecule has 0 fully saturated rings. The topological polar surface area (TPSA) is 41.8 Å². The van der Waals surface area contributed by atoms with Gasteiger partial charge in [-0.05, 0) is 11.6 Å². The van der Waals surface area contributed by atoms with Gasteiger partial charge in [0.2, 0.25) is 0 Å². The van der Waals surface area contributed by atoms with Crippen molar-refractivity contribution in [3.8, 4) is 0 Å². The Balaban J connectivity index is 2.84. The van der Waals surface area contributed by atoms with Crippen molar-refractivity contribution in [1.29, 1.82) is 0 Å². The second-order valence-corrected chi connectivity index (χ2v) is 2.45.